The molecule has 0 bridgehead atoms. The third kappa shape index (κ3) is 3.06. The van der Waals surface area contributed by atoms with Gasteiger partial charge in [0.15, 0.2) is 0 Å². The van der Waals surface area contributed by atoms with Gasteiger partial charge in [0.2, 0.25) is 0 Å². The van der Waals surface area contributed by atoms with Gasteiger partial charge in [0.1, 0.15) is 15.9 Å². The van der Waals surface area contributed by atoms with Gasteiger partial charge in [-0.25, -0.2) is 0 Å². The predicted octanol–water partition coefficient (Wildman–Crippen LogP) is 4.30. The summed E-state index contributed by atoms with van der Waals surface area (Å²) in [6, 6.07) is 10.2. The zero-order chi connectivity index (χ0) is 13.8. The smallest absolute Gasteiger partial charge is 0.131 e. The highest BCUT2D eigenvalue weighted by molar-refractivity contribution is 9.10. The SMILES string of the molecule is CSc1c(NCc2ccccc2Br)sc(C#N)c1N. The van der Waals surface area contributed by atoms with E-state index < -0.39 is 0 Å². The monoisotopic (exact) mass is 353 g/mol. The number of nitrogens with one attached hydrogen (secondary N) is 1. The molecule has 3 nitrogen and oxygen atoms in total. The maximum Gasteiger partial charge on any atom is 0.131 e. The molecule has 0 amide bonds. The van der Waals surface area contributed by atoms with Crippen LogP contribution < -0.4 is 11.1 Å². The van der Waals surface area contributed by atoms with Gasteiger partial charge in [-0.2, -0.15) is 5.26 Å². The number of nitrogens with two attached hydrogens (primary N) is 1. The van der Waals surface area contributed by atoms with E-state index in [4.69, 9.17) is 11.0 Å². The van der Waals surface area contributed by atoms with E-state index in [-0.39, 0.29) is 0 Å². The second kappa shape index (κ2) is 6.33. The summed E-state index contributed by atoms with van der Waals surface area (Å²) in [5.41, 5.74) is 7.69. The molecule has 0 aliphatic carbocycles. The number of benzene rings is 1. The van der Waals surface area contributed by atoms with Crippen LogP contribution in [0.3, 0.4) is 0 Å². The van der Waals surface area contributed by atoms with Crippen molar-refractivity contribution in [1.82, 2.24) is 0 Å². The molecule has 0 spiro atoms. The van der Waals surface area contributed by atoms with Crippen molar-refractivity contribution in [2.75, 3.05) is 17.3 Å². The second-order valence-corrected chi connectivity index (χ2v) is 6.46. The summed E-state index contributed by atoms with van der Waals surface area (Å²) in [6.07, 6.45) is 1.96. The fraction of sp³-hybridized carbons (Fsp3) is 0.154. The Morgan fingerprint density at radius 1 is 1.47 bits per heavy atom. The first-order valence-corrected chi connectivity index (χ1v) is 8.34. The molecule has 2 aromatic rings. The Kier molecular flexibility index (Phi) is 4.75. The normalized spacial score (nSPS) is 10.2. The Bertz CT molecular complexity index is 631. The van der Waals surface area contributed by atoms with E-state index >= 15 is 0 Å². The lowest BCUT2D eigenvalue weighted by atomic mass is 10.2. The first-order valence-electron chi connectivity index (χ1n) is 5.51. The van der Waals surface area contributed by atoms with Gasteiger partial charge in [-0.1, -0.05) is 34.1 Å². The first-order chi connectivity index (χ1) is 9.17. The molecule has 0 atom stereocenters. The lowest BCUT2D eigenvalue weighted by Crippen LogP contribution is -1.99. The number of nitrogen functional groups attached to an aromatic ring is 1. The third-order valence-electron chi connectivity index (χ3n) is 2.60. The fourth-order valence-electron chi connectivity index (χ4n) is 1.65. The maximum atomic E-state index is 9.02. The molecule has 2 rings (SSSR count). The molecule has 0 aliphatic heterocycles. The number of hydrogen-bond donors (Lipinski definition) is 2. The van der Waals surface area contributed by atoms with Crippen LogP contribution in [0.1, 0.15) is 10.4 Å². The van der Waals surface area contributed by atoms with Crippen molar-refractivity contribution in [1.29, 1.82) is 5.26 Å². The molecule has 0 fully saturated rings. The van der Waals surface area contributed by atoms with Gasteiger partial charge in [-0.3, -0.25) is 0 Å². The fourth-order valence-corrected chi connectivity index (χ4v) is 3.90. The van der Waals surface area contributed by atoms with E-state index in [1.54, 1.807) is 11.8 Å². The Morgan fingerprint density at radius 2 is 2.21 bits per heavy atom. The van der Waals surface area contributed by atoms with Crippen LogP contribution in [0.5, 0.6) is 0 Å². The van der Waals surface area contributed by atoms with Gasteiger partial charge >= 0.3 is 0 Å². The van der Waals surface area contributed by atoms with E-state index in [1.807, 2.05) is 24.5 Å². The number of halogens is 1. The van der Waals surface area contributed by atoms with Crippen molar-refractivity contribution in [2.24, 2.45) is 0 Å². The molecule has 1 aromatic heterocycles. The minimum Gasteiger partial charge on any atom is -0.396 e. The number of anilines is 2. The van der Waals surface area contributed by atoms with Crippen LogP contribution in [0.4, 0.5) is 10.7 Å². The van der Waals surface area contributed by atoms with Gasteiger partial charge in [0.25, 0.3) is 0 Å². The highest BCUT2D eigenvalue weighted by Crippen LogP contribution is 2.41. The van der Waals surface area contributed by atoms with Crippen LogP contribution in [-0.4, -0.2) is 6.26 Å². The van der Waals surface area contributed by atoms with Crippen molar-refractivity contribution < 1.29 is 0 Å². The standard InChI is InChI=1S/C13H12BrN3S2/c1-18-12-11(16)10(6-15)19-13(12)17-7-8-4-2-3-5-9(8)14/h2-5,17H,7,16H2,1H3. The zero-order valence-electron chi connectivity index (χ0n) is 10.2. The summed E-state index contributed by atoms with van der Waals surface area (Å²) in [6.45, 7) is 0.694. The summed E-state index contributed by atoms with van der Waals surface area (Å²) in [7, 11) is 0. The first kappa shape index (κ1) is 14.3. The number of thioether (sulfide) groups is 1. The average Bonchev–Trinajstić information content (AvgIpc) is 2.73. The van der Waals surface area contributed by atoms with E-state index in [0.717, 1.165) is 14.4 Å². The van der Waals surface area contributed by atoms with Crippen molar-refractivity contribution in [2.45, 2.75) is 11.4 Å². The molecule has 6 heteroatoms. The van der Waals surface area contributed by atoms with Crippen LogP contribution in [-0.2, 0) is 6.54 Å². The van der Waals surface area contributed by atoms with E-state index in [0.29, 0.717) is 17.1 Å². The summed E-state index contributed by atoms with van der Waals surface area (Å²) in [5, 5.41) is 13.3. The molecule has 19 heavy (non-hydrogen) atoms. The molecule has 0 unspecified atom stereocenters. The number of rotatable bonds is 4. The highest BCUT2D eigenvalue weighted by Gasteiger charge is 2.15. The van der Waals surface area contributed by atoms with Gasteiger partial charge in [-0.05, 0) is 17.9 Å². The molecule has 0 radical (unpaired) electrons. The van der Waals surface area contributed by atoms with Crippen molar-refractivity contribution in [3.63, 3.8) is 0 Å². The minimum absolute atomic E-state index is 0.568. The summed E-state index contributed by atoms with van der Waals surface area (Å²) in [5.74, 6) is 0. The van der Waals surface area contributed by atoms with Crippen molar-refractivity contribution in [3.8, 4) is 6.07 Å². The molecule has 98 valence electrons. The Balaban J connectivity index is 2.21. The quantitative estimate of drug-likeness (QED) is 0.804. The Morgan fingerprint density at radius 3 is 2.84 bits per heavy atom. The summed E-state index contributed by atoms with van der Waals surface area (Å²) >= 11 is 6.48. The summed E-state index contributed by atoms with van der Waals surface area (Å²) in [4.78, 5) is 1.52. The maximum absolute atomic E-state index is 9.02. The van der Waals surface area contributed by atoms with Crippen LogP contribution in [0, 0.1) is 11.3 Å². The zero-order valence-corrected chi connectivity index (χ0v) is 13.5. The lowest BCUT2D eigenvalue weighted by molar-refractivity contribution is 1.14. The molecule has 1 aromatic carbocycles. The van der Waals surface area contributed by atoms with E-state index in [1.165, 1.54) is 16.9 Å². The molecule has 1 heterocycles. The molecular formula is C13H12BrN3S2. The molecule has 0 aliphatic rings. The molecule has 0 saturated carbocycles. The lowest BCUT2D eigenvalue weighted by Gasteiger charge is -2.08. The Labute approximate surface area is 128 Å². The number of hydrogen-bond acceptors (Lipinski definition) is 5. The molecule has 0 saturated heterocycles. The van der Waals surface area contributed by atoms with Crippen LogP contribution >= 0.6 is 39.0 Å². The minimum atomic E-state index is 0.568. The third-order valence-corrected chi connectivity index (χ3v) is 5.41. The van der Waals surface area contributed by atoms with Crippen molar-refractivity contribution >= 4 is 49.7 Å². The van der Waals surface area contributed by atoms with Crippen molar-refractivity contribution in [3.05, 3.63) is 39.2 Å². The van der Waals surface area contributed by atoms with E-state index in [2.05, 4.69) is 33.4 Å². The second-order valence-electron chi connectivity index (χ2n) is 3.76. The molecule has 3 N–H and O–H groups in total. The topological polar surface area (TPSA) is 61.8 Å². The van der Waals surface area contributed by atoms with Gasteiger partial charge in [-0.15, -0.1) is 23.1 Å². The van der Waals surface area contributed by atoms with Crippen LogP contribution in [0.2, 0.25) is 0 Å². The number of thiophene rings is 1. The van der Waals surface area contributed by atoms with Gasteiger partial charge in [0, 0.05) is 11.0 Å². The average molecular weight is 354 g/mol. The Hall–Kier alpha value is -1.16. The number of nitriles is 1. The number of nitrogens with zero attached hydrogens (tertiary/aromatic N) is 1. The summed E-state index contributed by atoms with van der Waals surface area (Å²) < 4.78 is 1.07. The van der Waals surface area contributed by atoms with Crippen LogP contribution in [0.25, 0.3) is 0 Å². The van der Waals surface area contributed by atoms with Crippen LogP contribution in [0.15, 0.2) is 33.6 Å². The van der Waals surface area contributed by atoms with Gasteiger partial charge < -0.3 is 11.1 Å². The molecular weight excluding hydrogens is 342 g/mol. The van der Waals surface area contributed by atoms with Gasteiger partial charge in [0.05, 0.1) is 10.6 Å². The largest absolute Gasteiger partial charge is 0.396 e. The highest BCUT2D eigenvalue weighted by atomic mass is 79.9. The van der Waals surface area contributed by atoms with E-state index in [9.17, 15) is 0 Å². The predicted molar refractivity (Wildman–Crippen MR) is 86.7 cm³/mol.